The smallest absolute Gasteiger partial charge is 0.308 e. The first-order valence-electron chi connectivity index (χ1n) is 12.5. The van der Waals surface area contributed by atoms with Crippen LogP contribution in [0.15, 0.2) is 60.8 Å². The molecule has 3 atom stereocenters. The molecule has 2 aromatic carbocycles. The minimum atomic E-state index is -4.54. The summed E-state index contributed by atoms with van der Waals surface area (Å²) >= 11 is 0. The molecular weight excluding hydrogens is 519 g/mol. The summed E-state index contributed by atoms with van der Waals surface area (Å²) in [6, 6.07) is 10.7. The van der Waals surface area contributed by atoms with E-state index in [0.29, 0.717) is 23.4 Å². The van der Waals surface area contributed by atoms with Gasteiger partial charge in [-0.05, 0) is 73.5 Å². The lowest BCUT2D eigenvalue weighted by atomic mass is 9.81. The van der Waals surface area contributed by atoms with E-state index in [1.54, 1.807) is 6.07 Å². The first-order chi connectivity index (χ1) is 18.7. The molecule has 0 spiro atoms. The van der Waals surface area contributed by atoms with Gasteiger partial charge in [0.15, 0.2) is 11.5 Å². The van der Waals surface area contributed by atoms with E-state index in [0.717, 1.165) is 43.7 Å². The van der Waals surface area contributed by atoms with Gasteiger partial charge >= 0.3 is 12.2 Å². The Morgan fingerprint density at radius 3 is 2.69 bits per heavy atom. The summed E-state index contributed by atoms with van der Waals surface area (Å²) in [6.07, 6.45) is -1.27. The first-order valence-corrected chi connectivity index (χ1v) is 12.5. The monoisotopic (exact) mass is 542 g/mol. The van der Waals surface area contributed by atoms with Crippen molar-refractivity contribution >= 4 is 23.2 Å². The van der Waals surface area contributed by atoms with Gasteiger partial charge in [-0.2, -0.15) is 22.8 Å². The van der Waals surface area contributed by atoms with Gasteiger partial charge in [0.2, 0.25) is 0 Å². The second kappa shape index (κ2) is 9.60. The van der Waals surface area contributed by atoms with Crippen molar-refractivity contribution < 1.29 is 26.7 Å². The van der Waals surface area contributed by atoms with E-state index in [1.165, 1.54) is 28.9 Å². The van der Waals surface area contributed by atoms with Gasteiger partial charge in [-0.1, -0.05) is 6.07 Å². The van der Waals surface area contributed by atoms with Gasteiger partial charge in [0, 0.05) is 30.1 Å². The molecule has 202 valence electrons. The molecule has 2 aromatic heterocycles. The van der Waals surface area contributed by atoms with Crippen LogP contribution in [0.1, 0.15) is 41.5 Å². The average Bonchev–Trinajstić information content (AvgIpc) is 3.60. The maximum atomic E-state index is 14.8. The fourth-order valence-corrected chi connectivity index (χ4v) is 5.82. The van der Waals surface area contributed by atoms with Gasteiger partial charge in [0.05, 0.1) is 17.5 Å². The maximum Gasteiger partial charge on any atom is 0.416 e. The van der Waals surface area contributed by atoms with E-state index in [2.05, 4.69) is 20.5 Å². The molecule has 6 rings (SSSR count). The van der Waals surface area contributed by atoms with E-state index >= 15 is 0 Å². The number of fused-ring (bicyclic) bond motifs is 2. The van der Waals surface area contributed by atoms with Crippen LogP contribution in [0.4, 0.5) is 38.3 Å². The Morgan fingerprint density at radius 2 is 1.87 bits per heavy atom. The molecule has 2 aliphatic heterocycles. The number of carbonyl (C=O) groups is 1. The number of nitrogens with one attached hydrogen (secondary N) is 2. The molecule has 0 saturated carbocycles. The van der Waals surface area contributed by atoms with Crippen LogP contribution in [-0.2, 0) is 6.18 Å². The Morgan fingerprint density at radius 1 is 1.03 bits per heavy atom. The fourth-order valence-electron chi connectivity index (χ4n) is 5.82. The van der Waals surface area contributed by atoms with Crippen LogP contribution in [0.5, 0.6) is 0 Å². The summed E-state index contributed by atoms with van der Waals surface area (Å²) < 4.78 is 69.4. The summed E-state index contributed by atoms with van der Waals surface area (Å²) in [6.45, 7) is 1.44. The predicted molar refractivity (Wildman–Crippen MR) is 134 cm³/mol. The van der Waals surface area contributed by atoms with E-state index in [-0.39, 0.29) is 29.4 Å². The third-order valence-electron chi connectivity index (χ3n) is 7.46. The number of rotatable bonds is 4. The number of carbonyl (C=O) groups excluding carboxylic acids is 1. The van der Waals surface area contributed by atoms with Crippen LogP contribution in [0.3, 0.4) is 0 Å². The van der Waals surface area contributed by atoms with Crippen LogP contribution >= 0.6 is 0 Å². The van der Waals surface area contributed by atoms with Crippen molar-refractivity contribution in [3.05, 3.63) is 89.2 Å². The largest absolute Gasteiger partial charge is 0.416 e. The van der Waals surface area contributed by atoms with E-state index < -0.39 is 29.4 Å². The Kier molecular flexibility index (Phi) is 6.21. The Bertz CT molecular complexity index is 1550. The first kappa shape index (κ1) is 25.2. The van der Waals surface area contributed by atoms with Crippen LogP contribution in [-0.4, -0.2) is 44.7 Å². The van der Waals surface area contributed by atoms with Crippen molar-refractivity contribution in [2.75, 3.05) is 23.7 Å². The zero-order valence-corrected chi connectivity index (χ0v) is 20.4. The summed E-state index contributed by atoms with van der Waals surface area (Å²) in [5, 5.41) is 9.71. The van der Waals surface area contributed by atoms with Crippen molar-refractivity contribution in [1.82, 2.24) is 19.5 Å². The van der Waals surface area contributed by atoms with Crippen LogP contribution in [0, 0.1) is 11.6 Å². The predicted octanol–water partition coefficient (Wildman–Crippen LogP) is 6.02. The van der Waals surface area contributed by atoms with Crippen LogP contribution in [0.25, 0.3) is 5.65 Å². The van der Waals surface area contributed by atoms with Crippen molar-refractivity contribution in [3.63, 3.8) is 0 Å². The maximum absolute atomic E-state index is 14.8. The van der Waals surface area contributed by atoms with Gasteiger partial charge in [0.1, 0.15) is 11.6 Å². The average molecular weight is 543 g/mol. The van der Waals surface area contributed by atoms with Crippen molar-refractivity contribution in [2.24, 2.45) is 0 Å². The lowest BCUT2D eigenvalue weighted by Crippen LogP contribution is -2.26. The SMILES string of the molecule is O=C(Nc1cccc(C(F)(F)F)c1)Nc1cnc2ccc([C@@H]3C(c4cc(F)ccc4F)CN4CCCC34)nn12. The molecule has 2 unspecified atom stereocenters. The third kappa shape index (κ3) is 4.80. The zero-order valence-electron chi connectivity index (χ0n) is 20.4. The highest BCUT2D eigenvalue weighted by molar-refractivity contribution is 5.99. The molecule has 7 nitrogen and oxygen atoms in total. The Hall–Kier alpha value is -4.06. The molecule has 4 heterocycles. The molecule has 4 aromatic rings. The number of halogens is 5. The van der Waals surface area contributed by atoms with Crippen molar-refractivity contribution in [2.45, 2.75) is 36.9 Å². The molecule has 2 aliphatic rings. The third-order valence-corrected chi connectivity index (χ3v) is 7.46. The molecule has 0 aliphatic carbocycles. The van der Waals surface area contributed by atoms with Gasteiger partial charge in [-0.25, -0.2) is 18.6 Å². The number of amides is 2. The molecule has 2 fully saturated rings. The molecular formula is C27H23F5N6O. The molecule has 2 amide bonds. The number of hydrogen-bond acceptors (Lipinski definition) is 4. The molecule has 2 N–H and O–H groups in total. The van der Waals surface area contributed by atoms with Gasteiger partial charge in [-0.3, -0.25) is 10.2 Å². The molecule has 39 heavy (non-hydrogen) atoms. The highest BCUT2D eigenvalue weighted by atomic mass is 19.4. The topological polar surface area (TPSA) is 74.6 Å². The second-order valence-corrected chi connectivity index (χ2v) is 9.83. The van der Waals surface area contributed by atoms with E-state index in [9.17, 15) is 26.7 Å². The number of urea groups is 1. The summed E-state index contributed by atoms with van der Waals surface area (Å²) in [5.74, 6) is -1.31. The quantitative estimate of drug-likeness (QED) is 0.310. The molecule has 0 bridgehead atoms. The number of hydrogen-bond donors (Lipinski definition) is 2. The van der Waals surface area contributed by atoms with Gasteiger partial charge < -0.3 is 5.32 Å². The second-order valence-electron chi connectivity index (χ2n) is 9.83. The summed E-state index contributed by atoms with van der Waals surface area (Å²) in [5.41, 5.74) is 0.466. The van der Waals surface area contributed by atoms with Crippen molar-refractivity contribution in [1.29, 1.82) is 0 Å². The van der Waals surface area contributed by atoms with Gasteiger partial charge in [-0.15, -0.1) is 0 Å². The fraction of sp³-hybridized carbons (Fsp3) is 0.296. The minimum absolute atomic E-state index is 0.0305. The number of anilines is 2. The van der Waals surface area contributed by atoms with Crippen molar-refractivity contribution in [3.8, 4) is 0 Å². The lowest BCUT2D eigenvalue weighted by molar-refractivity contribution is -0.137. The number of nitrogens with zero attached hydrogens (tertiary/aromatic N) is 4. The number of benzene rings is 2. The molecule has 12 heteroatoms. The highest BCUT2D eigenvalue weighted by Crippen LogP contribution is 2.48. The number of imidazole rings is 1. The molecule has 0 radical (unpaired) electrons. The summed E-state index contributed by atoms with van der Waals surface area (Å²) in [4.78, 5) is 19.2. The standard InChI is InChI=1S/C27H23F5N6O/c28-16-6-7-20(29)18(12-16)19-14-37-10-2-5-22(37)25(19)21-8-9-23-33-13-24(38(23)36-21)35-26(39)34-17-4-1-3-15(11-17)27(30,31)32/h1,3-4,6-9,11-13,19,22,25H,2,5,10,14H2,(H2,34,35,39)/t19?,22?,25-/m0/s1. The van der Waals surface area contributed by atoms with Crippen LogP contribution in [0.2, 0.25) is 0 Å². The summed E-state index contributed by atoms with van der Waals surface area (Å²) in [7, 11) is 0. The van der Waals surface area contributed by atoms with Gasteiger partial charge in [0.25, 0.3) is 0 Å². The Labute approximate surface area is 219 Å². The number of alkyl halides is 3. The minimum Gasteiger partial charge on any atom is -0.308 e. The number of aromatic nitrogens is 3. The van der Waals surface area contributed by atoms with E-state index in [4.69, 9.17) is 5.10 Å². The van der Waals surface area contributed by atoms with Crippen LogP contribution < -0.4 is 10.6 Å². The zero-order chi connectivity index (χ0) is 27.3. The Balaban J connectivity index is 1.29. The highest BCUT2D eigenvalue weighted by Gasteiger charge is 2.47. The van der Waals surface area contributed by atoms with E-state index in [1.807, 2.05) is 6.07 Å². The lowest BCUT2D eigenvalue weighted by Gasteiger charge is -2.23. The normalized spacial score (nSPS) is 21.3. The molecule has 2 saturated heterocycles.